The molecule has 0 amide bonds. The van der Waals surface area contributed by atoms with E-state index in [9.17, 15) is 0 Å². The number of hydrogen-bond donors (Lipinski definition) is 1. The predicted molar refractivity (Wildman–Crippen MR) is 70.1 cm³/mol. The molecule has 0 spiro atoms. The summed E-state index contributed by atoms with van der Waals surface area (Å²) in [7, 11) is 0. The average molecular weight is 270 g/mol. The van der Waals surface area contributed by atoms with Gasteiger partial charge in [-0.05, 0) is 25.3 Å². The fraction of sp³-hybridized carbons (Fsp3) is 0.273. The van der Waals surface area contributed by atoms with Crippen LogP contribution in [0.15, 0.2) is 33.6 Å². The minimum atomic E-state index is -0.283. The van der Waals surface area contributed by atoms with Gasteiger partial charge in [-0.3, -0.25) is 0 Å². The Labute approximate surface area is 109 Å². The molecule has 0 bridgehead atoms. The first-order valence-corrected chi connectivity index (χ1v) is 6.74. The highest BCUT2D eigenvalue weighted by Gasteiger charge is 2.11. The molecule has 2 rings (SSSR count). The first-order valence-electron chi connectivity index (χ1n) is 5.08. The highest BCUT2D eigenvalue weighted by atomic mass is 35.5. The molecule has 1 heterocycles. The lowest BCUT2D eigenvalue weighted by atomic mass is 10.3. The van der Waals surface area contributed by atoms with Crippen LogP contribution in [0.4, 0.5) is 11.7 Å². The molecule has 0 aliphatic heterocycles. The molecule has 0 fully saturated rings. The number of thioether (sulfide) groups is 1. The Bertz CT molecular complexity index is 501. The van der Waals surface area contributed by atoms with Gasteiger partial charge in [0.1, 0.15) is 5.38 Å². The molecule has 1 unspecified atom stereocenters. The topological polar surface area (TPSA) is 51.0 Å². The van der Waals surface area contributed by atoms with Crippen molar-refractivity contribution < 1.29 is 4.42 Å². The van der Waals surface area contributed by atoms with Crippen LogP contribution in [0.5, 0.6) is 0 Å². The first-order chi connectivity index (χ1) is 8.20. The van der Waals surface area contributed by atoms with Gasteiger partial charge in [-0.1, -0.05) is 17.2 Å². The second-order valence-corrected chi connectivity index (χ2v) is 4.89. The van der Waals surface area contributed by atoms with Crippen LogP contribution >= 0.6 is 23.4 Å². The smallest absolute Gasteiger partial charge is 0.320 e. The first kappa shape index (κ1) is 12.3. The van der Waals surface area contributed by atoms with Gasteiger partial charge in [0, 0.05) is 4.90 Å². The van der Waals surface area contributed by atoms with Crippen LogP contribution in [0.25, 0.3) is 0 Å². The van der Waals surface area contributed by atoms with Crippen LogP contribution in [-0.2, 0) is 0 Å². The van der Waals surface area contributed by atoms with E-state index in [-0.39, 0.29) is 5.38 Å². The van der Waals surface area contributed by atoms with Gasteiger partial charge in [-0.25, -0.2) is 0 Å². The summed E-state index contributed by atoms with van der Waals surface area (Å²) in [5, 5.41) is 10.5. The highest BCUT2D eigenvalue weighted by molar-refractivity contribution is 7.98. The quantitative estimate of drug-likeness (QED) is 0.675. The monoisotopic (exact) mass is 269 g/mol. The minimum absolute atomic E-state index is 0.283. The molecule has 0 saturated heterocycles. The number of halogens is 1. The fourth-order valence-electron chi connectivity index (χ4n) is 1.31. The summed E-state index contributed by atoms with van der Waals surface area (Å²) in [6.07, 6.45) is 2.01. The Kier molecular flexibility index (Phi) is 3.91. The lowest BCUT2D eigenvalue weighted by molar-refractivity contribution is 0.509. The molecule has 1 N–H and O–H groups in total. The van der Waals surface area contributed by atoms with Gasteiger partial charge in [0.2, 0.25) is 5.89 Å². The molecule has 1 atom stereocenters. The Morgan fingerprint density at radius 2 is 2.12 bits per heavy atom. The molecule has 0 radical (unpaired) electrons. The Morgan fingerprint density at radius 1 is 1.35 bits per heavy atom. The van der Waals surface area contributed by atoms with Crippen molar-refractivity contribution in [2.24, 2.45) is 0 Å². The lowest BCUT2D eigenvalue weighted by Gasteiger charge is -2.05. The molecule has 1 aromatic carbocycles. The summed E-state index contributed by atoms with van der Waals surface area (Å²) in [5.41, 5.74) is 0.942. The maximum Gasteiger partial charge on any atom is 0.320 e. The van der Waals surface area contributed by atoms with E-state index < -0.39 is 0 Å². The van der Waals surface area contributed by atoms with Crippen molar-refractivity contribution in [2.75, 3.05) is 11.6 Å². The molecule has 4 nitrogen and oxygen atoms in total. The molecular formula is C11H12ClN3OS. The zero-order valence-electron chi connectivity index (χ0n) is 9.48. The lowest BCUT2D eigenvalue weighted by Crippen LogP contribution is -1.92. The summed E-state index contributed by atoms with van der Waals surface area (Å²) in [6.45, 7) is 1.79. The van der Waals surface area contributed by atoms with E-state index in [1.807, 2.05) is 30.5 Å². The second kappa shape index (κ2) is 5.42. The van der Waals surface area contributed by atoms with E-state index >= 15 is 0 Å². The maximum absolute atomic E-state index is 5.85. The number of anilines is 2. The summed E-state index contributed by atoms with van der Waals surface area (Å²) in [4.78, 5) is 1.12. The number of nitrogens with zero attached hydrogens (tertiary/aromatic N) is 2. The third-order valence-corrected chi connectivity index (χ3v) is 3.11. The third kappa shape index (κ3) is 2.92. The molecule has 90 valence electrons. The van der Waals surface area contributed by atoms with Crippen LogP contribution in [0.2, 0.25) is 0 Å². The number of aromatic nitrogens is 2. The SMILES string of the molecule is CSc1ccccc1Nc1nnc(C(C)Cl)o1. The van der Waals surface area contributed by atoms with E-state index in [4.69, 9.17) is 16.0 Å². The number of hydrogen-bond acceptors (Lipinski definition) is 5. The molecule has 1 aromatic heterocycles. The van der Waals surface area contributed by atoms with Crippen molar-refractivity contribution in [3.8, 4) is 0 Å². The predicted octanol–water partition coefficient (Wildman–Crippen LogP) is 3.83. The van der Waals surface area contributed by atoms with Gasteiger partial charge >= 0.3 is 6.01 Å². The molecule has 0 aliphatic rings. The van der Waals surface area contributed by atoms with E-state index in [1.165, 1.54) is 0 Å². The van der Waals surface area contributed by atoms with E-state index in [2.05, 4.69) is 15.5 Å². The maximum atomic E-state index is 5.85. The fourth-order valence-corrected chi connectivity index (χ4v) is 1.95. The van der Waals surface area contributed by atoms with Crippen LogP contribution < -0.4 is 5.32 Å². The summed E-state index contributed by atoms with van der Waals surface area (Å²) in [6, 6.07) is 8.27. The van der Waals surface area contributed by atoms with Crippen molar-refractivity contribution in [3.05, 3.63) is 30.2 Å². The van der Waals surface area contributed by atoms with Gasteiger partial charge in [0.05, 0.1) is 5.69 Å². The van der Waals surface area contributed by atoms with Gasteiger partial charge in [-0.15, -0.1) is 28.5 Å². The van der Waals surface area contributed by atoms with Gasteiger partial charge in [-0.2, -0.15) is 0 Å². The minimum Gasteiger partial charge on any atom is -0.406 e. The molecule has 2 aromatic rings. The summed E-state index contributed by atoms with van der Waals surface area (Å²) < 4.78 is 5.37. The van der Waals surface area contributed by atoms with E-state index in [0.717, 1.165) is 10.6 Å². The van der Waals surface area contributed by atoms with Gasteiger partial charge in [0.25, 0.3) is 0 Å². The molecule has 0 saturated carbocycles. The van der Waals surface area contributed by atoms with E-state index in [0.29, 0.717) is 11.9 Å². The number of alkyl halides is 1. The van der Waals surface area contributed by atoms with Crippen LogP contribution in [-0.4, -0.2) is 16.5 Å². The van der Waals surface area contributed by atoms with Crippen molar-refractivity contribution in [1.29, 1.82) is 0 Å². The number of rotatable bonds is 4. The average Bonchev–Trinajstić information content (AvgIpc) is 2.78. The van der Waals surface area contributed by atoms with Crippen LogP contribution in [0.3, 0.4) is 0 Å². The van der Waals surface area contributed by atoms with Crippen molar-refractivity contribution >= 4 is 35.1 Å². The van der Waals surface area contributed by atoms with Gasteiger partial charge in [0.15, 0.2) is 0 Å². The zero-order valence-corrected chi connectivity index (χ0v) is 11.0. The van der Waals surface area contributed by atoms with Crippen LogP contribution in [0, 0.1) is 0 Å². The van der Waals surface area contributed by atoms with Gasteiger partial charge < -0.3 is 9.73 Å². The standard InChI is InChI=1S/C11H12ClN3OS/c1-7(12)10-14-15-11(16-10)13-8-5-3-4-6-9(8)17-2/h3-7H,1-2H3,(H,13,15). The van der Waals surface area contributed by atoms with Crippen molar-refractivity contribution in [2.45, 2.75) is 17.2 Å². The van der Waals surface area contributed by atoms with Crippen molar-refractivity contribution in [1.82, 2.24) is 10.2 Å². The van der Waals surface area contributed by atoms with Crippen molar-refractivity contribution in [3.63, 3.8) is 0 Å². The summed E-state index contributed by atoms with van der Waals surface area (Å²) in [5.74, 6) is 0.413. The second-order valence-electron chi connectivity index (χ2n) is 3.39. The third-order valence-electron chi connectivity index (χ3n) is 2.13. The Morgan fingerprint density at radius 3 is 2.76 bits per heavy atom. The van der Waals surface area contributed by atoms with E-state index in [1.54, 1.807) is 18.7 Å². The van der Waals surface area contributed by atoms with Crippen LogP contribution in [0.1, 0.15) is 18.2 Å². The molecule has 0 aliphatic carbocycles. The zero-order chi connectivity index (χ0) is 12.3. The molecule has 6 heteroatoms. The number of para-hydroxylation sites is 1. The Balaban J connectivity index is 2.19. The number of nitrogens with one attached hydrogen (secondary N) is 1. The largest absolute Gasteiger partial charge is 0.406 e. The number of benzene rings is 1. The normalized spacial score (nSPS) is 12.4. The molecule has 17 heavy (non-hydrogen) atoms. The molecular weight excluding hydrogens is 258 g/mol. The Hall–Kier alpha value is -1.20. The summed E-state index contributed by atoms with van der Waals surface area (Å²) >= 11 is 7.50. The highest BCUT2D eigenvalue weighted by Crippen LogP contribution is 2.28.